The van der Waals surface area contributed by atoms with E-state index in [2.05, 4.69) is 25.6 Å². The third kappa shape index (κ3) is 3.46. The zero-order chi connectivity index (χ0) is 14.0. The Morgan fingerprint density at radius 3 is 2.63 bits per heavy atom. The molecule has 0 unspecified atom stereocenters. The van der Waals surface area contributed by atoms with Crippen molar-refractivity contribution in [3.05, 3.63) is 51.7 Å². The van der Waals surface area contributed by atoms with Gasteiger partial charge in [0.2, 0.25) is 0 Å². The van der Waals surface area contributed by atoms with Crippen LogP contribution in [-0.2, 0) is 10.0 Å². The Morgan fingerprint density at radius 1 is 1.26 bits per heavy atom. The molecular weight excluding hydrogens is 352 g/mol. The number of nitrogens with zero attached hydrogens (tertiary/aromatic N) is 1. The summed E-state index contributed by atoms with van der Waals surface area (Å²) in [5.41, 5.74) is 1.30. The predicted octanol–water partition coefficient (Wildman–Crippen LogP) is 3.61. The molecule has 1 heterocycles. The molecule has 1 aromatic heterocycles. The van der Waals surface area contributed by atoms with Gasteiger partial charge in [0.25, 0.3) is 10.0 Å². The molecule has 1 aromatic carbocycles. The second-order valence-corrected chi connectivity index (χ2v) is 6.91. The summed E-state index contributed by atoms with van der Waals surface area (Å²) in [6, 6.07) is 6.45. The van der Waals surface area contributed by atoms with Crippen molar-refractivity contribution in [3.8, 4) is 0 Å². The maximum atomic E-state index is 12.1. The molecule has 0 atom stereocenters. The summed E-state index contributed by atoms with van der Waals surface area (Å²) < 4.78 is 27.3. The molecule has 100 valence electrons. The molecule has 0 aliphatic carbocycles. The molecule has 7 heteroatoms. The fourth-order valence-electron chi connectivity index (χ4n) is 1.41. The van der Waals surface area contributed by atoms with Gasteiger partial charge in [-0.3, -0.25) is 9.71 Å². The van der Waals surface area contributed by atoms with Gasteiger partial charge in [0.05, 0.1) is 5.69 Å². The highest BCUT2D eigenvalue weighted by atomic mass is 79.9. The number of aromatic nitrogens is 1. The number of rotatable bonds is 3. The van der Waals surface area contributed by atoms with Gasteiger partial charge in [0.1, 0.15) is 4.90 Å². The van der Waals surface area contributed by atoms with Gasteiger partial charge in [-0.1, -0.05) is 17.7 Å². The van der Waals surface area contributed by atoms with Crippen molar-refractivity contribution in [1.29, 1.82) is 0 Å². The first-order valence-electron chi connectivity index (χ1n) is 5.28. The number of aryl methyl sites for hydroxylation is 1. The van der Waals surface area contributed by atoms with Crippen LogP contribution in [0, 0.1) is 6.92 Å². The summed E-state index contributed by atoms with van der Waals surface area (Å²) in [4.78, 5) is 3.91. The highest BCUT2D eigenvalue weighted by molar-refractivity contribution is 9.10. The van der Waals surface area contributed by atoms with E-state index >= 15 is 0 Å². The number of anilines is 1. The number of hydrogen-bond donors (Lipinski definition) is 1. The minimum atomic E-state index is -3.67. The van der Waals surface area contributed by atoms with Crippen molar-refractivity contribution < 1.29 is 8.42 Å². The summed E-state index contributed by atoms with van der Waals surface area (Å²) in [5, 5.41) is 0.507. The van der Waals surface area contributed by atoms with Gasteiger partial charge in [-0.15, -0.1) is 0 Å². The molecular formula is C12H10BrClN2O2S. The minimum absolute atomic E-state index is 0.0820. The van der Waals surface area contributed by atoms with E-state index in [1.807, 2.05) is 6.92 Å². The summed E-state index contributed by atoms with van der Waals surface area (Å²) in [7, 11) is -3.67. The highest BCUT2D eigenvalue weighted by Crippen LogP contribution is 2.23. The Labute approximate surface area is 125 Å². The highest BCUT2D eigenvalue weighted by Gasteiger charge is 2.15. The lowest BCUT2D eigenvalue weighted by atomic mass is 10.2. The van der Waals surface area contributed by atoms with Gasteiger partial charge < -0.3 is 0 Å². The third-order valence-electron chi connectivity index (χ3n) is 2.41. The first kappa shape index (κ1) is 14.3. The van der Waals surface area contributed by atoms with Crippen LogP contribution in [0.1, 0.15) is 5.56 Å². The number of halogens is 2. The number of benzene rings is 1. The van der Waals surface area contributed by atoms with Crippen LogP contribution in [-0.4, -0.2) is 13.4 Å². The molecule has 4 nitrogen and oxygen atoms in total. The van der Waals surface area contributed by atoms with Crippen molar-refractivity contribution in [2.24, 2.45) is 0 Å². The van der Waals surface area contributed by atoms with Gasteiger partial charge in [-0.2, -0.15) is 0 Å². The monoisotopic (exact) mass is 360 g/mol. The summed E-state index contributed by atoms with van der Waals surface area (Å²) in [5.74, 6) is 0. The zero-order valence-electron chi connectivity index (χ0n) is 9.89. The van der Waals surface area contributed by atoms with Crippen molar-refractivity contribution >= 4 is 43.2 Å². The molecule has 0 amide bonds. The molecule has 0 saturated carbocycles. The van der Waals surface area contributed by atoms with E-state index in [4.69, 9.17) is 11.6 Å². The number of nitrogens with one attached hydrogen (secondary N) is 1. The lowest BCUT2D eigenvalue weighted by molar-refractivity contribution is 0.600. The minimum Gasteiger partial charge on any atom is -0.280 e. The van der Waals surface area contributed by atoms with Gasteiger partial charge in [-0.25, -0.2) is 8.42 Å². The molecule has 0 bridgehead atoms. The molecule has 2 aromatic rings. The summed E-state index contributed by atoms with van der Waals surface area (Å²) in [6.07, 6.45) is 2.80. The van der Waals surface area contributed by atoms with Crippen LogP contribution in [0.25, 0.3) is 0 Å². The van der Waals surface area contributed by atoms with Crippen LogP contribution in [0.4, 0.5) is 5.69 Å². The van der Waals surface area contributed by atoms with E-state index in [-0.39, 0.29) is 4.90 Å². The molecule has 0 spiro atoms. The van der Waals surface area contributed by atoms with E-state index in [0.29, 0.717) is 15.2 Å². The average Bonchev–Trinajstić information content (AvgIpc) is 2.33. The number of sulfonamides is 1. The fraction of sp³-hybridized carbons (Fsp3) is 0.0833. The van der Waals surface area contributed by atoms with Crippen LogP contribution in [0.5, 0.6) is 0 Å². The van der Waals surface area contributed by atoms with E-state index < -0.39 is 10.0 Å². The zero-order valence-corrected chi connectivity index (χ0v) is 13.1. The number of hydrogen-bond acceptors (Lipinski definition) is 3. The predicted molar refractivity (Wildman–Crippen MR) is 78.9 cm³/mol. The Bertz CT molecular complexity index is 719. The van der Waals surface area contributed by atoms with Crippen LogP contribution >= 0.6 is 27.5 Å². The van der Waals surface area contributed by atoms with Crippen LogP contribution < -0.4 is 4.72 Å². The maximum Gasteiger partial charge on any atom is 0.263 e. The normalized spacial score (nSPS) is 11.3. The summed E-state index contributed by atoms with van der Waals surface area (Å²) >= 11 is 9.14. The molecule has 1 N–H and O–H groups in total. The maximum absolute atomic E-state index is 12.1. The second kappa shape index (κ2) is 5.48. The molecule has 19 heavy (non-hydrogen) atoms. The third-order valence-corrected chi connectivity index (χ3v) is 4.60. The van der Waals surface area contributed by atoms with E-state index in [0.717, 1.165) is 5.56 Å². The van der Waals surface area contributed by atoms with Crippen molar-refractivity contribution in [1.82, 2.24) is 4.98 Å². The van der Waals surface area contributed by atoms with Crippen LogP contribution in [0.2, 0.25) is 5.02 Å². The lowest BCUT2D eigenvalue weighted by Gasteiger charge is -2.09. The fourth-order valence-corrected chi connectivity index (χ4v) is 3.14. The van der Waals surface area contributed by atoms with E-state index in [1.54, 1.807) is 18.2 Å². The van der Waals surface area contributed by atoms with Crippen LogP contribution in [0.15, 0.2) is 46.0 Å². The summed E-state index contributed by atoms with van der Waals surface area (Å²) in [6.45, 7) is 1.85. The molecule has 2 rings (SSSR count). The van der Waals surface area contributed by atoms with Gasteiger partial charge in [0.15, 0.2) is 0 Å². The molecule has 0 fully saturated rings. The van der Waals surface area contributed by atoms with Gasteiger partial charge >= 0.3 is 0 Å². The topological polar surface area (TPSA) is 59.1 Å². The van der Waals surface area contributed by atoms with Crippen molar-refractivity contribution in [2.75, 3.05) is 4.72 Å². The van der Waals surface area contributed by atoms with Crippen LogP contribution in [0.3, 0.4) is 0 Å². The lowest BCUT2D eigenvalue weighted by Crippen LogP contribution is -2.13. The molecule has 0 saturated heterocycles. The smallest absolute Gasteiger partial charge is 0.263 e. The first-order chi connectivity index (χ1) is 8.88. The Kier molecular flexibility index (Phi) is 4.13. The second-order valence-electron chi connectivity index (χ2n) is 3.91. The van der Waals surface area contributed by atoms with Crippen molar-refractivity contribution in [3.63, 3.8) is 0 Å². The molecule has 0 radical (unpaired) electrons. The largest absolute Gasteiger partial charge is 0.280 e. The molecule has 0 aliphatic heterocycles. The van der Waals surface area contributed by atoms with Crippen molar-refractivity contribution in [2.45, 2.75) is 11.8 Å². The molecule has 0 aliphatic rings. The standard InChI is InChI=1S/C12H10BrClN2O2S/c1-8-2-3-10(5-12(8)14)16-19(17,18)11-4-9(13)6-15-7-11/h2-7,16H,1H3. The number of pyridine rings is 1. The first-order valence-corrected chi connectivity index (χ1v) is 7.93. The SMILES string of the molecule is Cc1ccc(NS(=O)(=O)c2cncc(Br)c2)cc1Cl. The van der Waals surface area contributed by atoms with Gasteiger partial charge in [-0.05, 0) is 46.6 Å². The Morgan fingerprint density at radius 2 is 2.00 bits per heavy atom. The van der Waals surface area contributed by atoms with E-state index in [9.17, 15) is 8.42 Å². The van der Waals surface area contributed by atoms with Gasteiger partial charge in [0, 0.05) is 21.9 Å². The van der Waals surface area contributed by atoms with E-state index in [1.165, 1.54) is 18.5 Å². The average molecular weight is 362 g/mol. The Hall–Kier alpha value is -1.11. The Balaban J connectivity index is 2.33. The quantitative estimate of drug-likeness (QED) is 0.908.